The van der Waals surface area contributed by atoms with E-state index in [1.165, 1.54) is 12.8 Å². The molecule has 1 saturated heterocycles. The minimum atomic E-state index is -1.23. The summed E-state index contributed by atoms with van der Waals surface area (Å²) in [4.78, 5) is 17.4. The number of carbonyl (C=O) groups is 1. The zero-order chi connectivity index (χ0) is 26.4. The Morgan fingerprint density at radius 1 is 1.18 bits per heavy atom. The van der Waals surface area contributed by atoms with Crippen molar-refractivity contribution < 1.29 is 24.9 Å². The average molecular weight is 537 g/mol. The molecule has 3 aliphatic carbocycles. The maximum atomic E-state index is 13.4. The topological polar surface area (TPSA) is 93.5 Å². The van der Waals surface area contributed by atoms with E-state index in [2.05, 4.69) is 4.90 Å². The minimum absolute atomic E-state index is 0.0105. The number of likely N-dealkylation sites (tertiary alicyclic amines) is 1. The molecule has 6 atom stereocenters. The molecule has 2 saturated carbocycles. The van der Waals surface area contributed by atoms with Crippen LogP contribution in [0.2, 0.25) is 5.02 Å². The second-order valence-corrected chi connectivity index (χ2v) is 12.3. The molecule has 1 spiro atoms. The summed E-state index contributed by atoms with van der Waals surface area (Å²) in [6.07, 6.45) is 5.93. The predicted octanol–water partition coefficient (Wildman–Crippen LogP) is 3.64. The Morgan fingerprint density at radius 2 is 1.95 bits per heavy atom. The van der Waals surface area contributed by atoms with Crippen LogP contribution in [0.4, 0.5) is 0 Å². The van der Waals surface area contributed by atoms with Gasteiger partial charge in [-0.05, 0) is 80.0 Å². The second kappa shape index (κ2) is 8.46. The third kappa shape index (κ3) is 3.28. The van der Waals surface area contributed by atoms with E-state index in [1.54, 1.807) is 48.4 Å². The van der Waals surface area contributed by atoms with Crippen LogP contribution < -0.4 is 4.74 Å². The number of piperidine rings is 1. The number of benzene rings is 2. The standard InChI is InChI=1S/C30H33ClN2O5/c1-32(23(35)11-6-17-4-7-19(31)8-5-17)21-12-13-30(37)27-25(36)20-9-10-22(34)26-24(20)29(30,28(21)38-26)14-15-33(27)16-18-2-3-18/h4-11,18,21,25,27-28,34,36-37H,2-3,12-16H2,1H3/b11-6+/t21-,25+,27-,28+,29+,30-/m1/s1. The van der Waals surface area contributed by atoms with Crippen molar-refractivity contribution in [3.63, 3.8) is 0 Å². The van der Waals surface area contributed by atoms with Crippen LogP contribution >= 0.6 is 11.6 Å². The van der Waals surface area contributed by atoms with E-state index in [9.17, 15) is 20.1 Å². The Hall–Kier alpha value is -2.58. The lowest BCUT2D eigenvalue weighted by atomic mass is 9.47. The number of nitrogens with zero attached hydrogens (tertiary/aromatic N) is 2. The Bertz CT molecular complexity index is 1330. The highest BCUT2D eigenvalue weighted by Gasteiger charge is 2.75. The van der Waals surface area contributed by atoms with Gasteiger partial charge in [-0.25, -0.2) is 0 Å². The molecule has 3 N–H and O–H groups in total. The highest BCUT2D eigenvalue weighted by atomic mass is 35.5. The molecule has 2 aromatic rings. The third-order valence-corrected chi connectivity index (χ3v) is 10.2. The molecule has 1 amide bonds. The van der Waals surface area contributed by atoms with Crippen molar-refractivity contribution in [2.75, 3.05) is 20.1 Å². The van der Waals surface area contributed by atoms with Crippen LogP contribution in [0.5, 0.6) is 11.5 Å². The minimum Gasteiger partial charge on any atom is -0.504 e. The molecular weight excluding hydrogens is 504 g/mol. The summed E-state index contributed by atoms with van der Waals surface area (Å²) in [5.74, 6) is 0.828. The van der Waals surface area contributed by atoms with Crippen LogP contribution in [0.3, 0.4) is 0 Å². The van der Waals surface area contributed by atoms with Gasteiger partial charge in [0.25, 0.3) is 0 Å². The highest BCUT2D eigenvalue weighted by Crippen LogP contribution is 2.67. The number of amides is 1. The molecule has 2 aliphatic heterocycles. The van der Waals surface area contributed by atoms with Crippen molar-refractivity contribution in [3.8, 4) is 11.5 Å². The van der Waals surface area contributed by atoms with Gasteiger partial charge in [0.15, 0.2) is 11.5 Å². The fourth-order valence-corrected chi connectivity index (χ4v) is 8.06. The molecule has 0 unspecified atom stereocenters. The van der Waals surface area contributed by atoms with Gasteiger partial charge in [-0.3, -0.25) is 9.69 Å². The number of likely N-dealkylation sites (N-methyl/N-ethyl adjacent to an activating group) is 1. The Kier molecular flexibility index (Phi) is 5.44. The Morgan fingerprint density at radius 3 is 2.68 bits per heavy atom. The maximum Gasteiger partial charge on any atom is 0.246 e. The fraction of sp³-hybridized carbons (Fsp3) is 0.500. The molecule has 2 heterocycles. The quantitative estimate of drug-likeness (QED) is 0.505. The van der Waals surface area contributed by atoms with E-state index >= 15 is 0 Å². The average Bonchev–Trinajstić information content (AvgIpc) is 3.65. The number of phenols is 1. The van der Waals surface area contributed by atoms with Crippen molar-refractivity contribution in [1.29, 1.82) is 0 Å². The molecule has 38 heavy (non-hydrogen) atoms. The van der Waals surface area contributed by atoms with E-state index in [1.807, 2.05) is 12.1 Å². The Balaban J connectivity index is 1.26. The third-order valence-electron chi connectivity index (χ3n) is 9.91. The van der Waals surface area contributed by atoms with Gasteiger partial charge in [0.1, 0.15) is 6.10 Å². The number of carbonyl (C=O) groups excluding carboxylic acids is 1. The number of aromatic hydroxyl groups is 1. The van der Waals surface area contributed by atoms with Crippen molar-refractivity contribution in [2.45, 2.75) is 67.4 Å². The number of hydrogen-bond acceptors (Lipinski definition) is 6. The van der Waals surface area contributed by atoms with Crippen LogP contribution in [-0.2, 0) is 10.2 Å². The van der Waals surface area contributed by atoms with Crippen LogP contribution in [0.25, 0.3) is 6.08 Å². The first kappa shape index (κ1) is 24.5. The molecule has 0 radical (unpaired) electrons. The first-order valence-electron chi connectivity index (χ1n) is 13.6. The number of rotatable bonds is 5. The number of ether oxygens (including phenoxy) is 1. The van der Waals surface area contributed by atoms with Gasteiger partial charge in [-0.2, -0.15) is 0 Å². The molecule has 7 rings (SSSR count). The molecule has 200 valence electrons. The molecule has 3 fully saturated rings. The molecule has 2 aromatic carbocycles. The summed E-state index contributed by atoms with van der Waals surface area (Å²) in [6, 6.07) is 9.90. The van der Waals surface area contributed by atoms with Crippen molar-refractivity contribution in [1.82, 2.24) is 9.80 Å². The van der Waals surface area contributed by atoms with Gasteiger partial charge >= 0.3 is 0 Å². The van der Waals surface area contributed by atoms with Gasteiger partial charge in [0, 0.05) is 30.3 Å². The monoisotopic (exact) mass is 536 g/mol. The van der Waals surface area contributed by atoms with E-state index in [0.717, 1.165) is 29.8 Å². The summed E-state index contributed by atoms with van der Waals surface area (Å²) < 4.78 is 6.54. The zero-order valence-electron chi connectivity index (χ0n) is 21.4. The molecule has 0 aromatic heterocycles. The van der Waals surface area contributed by atoms with Crippen LogP contribution in [0, 0.1) is 5.92 Å². The first-order valence-corrected chi connectivity index (χ1v) is 14.0. The molecule has 2 bridgehead atoms. The van der Waals surface area contributed by atoms with E-state index in [0.29, 0.717) is 36.0 Å². The smallest absolute Gasteiger partial charge is 0.246 e. The van der Waals surface area contributed by atoms with Gasteiger partial charge < -0.3 is 25.0 Å². The normalized spacial score (nSPS) is 35.2. The fourth-order valence-electron chi connectivity index (χ4n) is 7.94. The molecule has 8 heteroatoms. The number of aliphatic hydroxyl groups is 2. The number of hydrogen-bond donors (Lipinski definition) is 3. The summed E-state index contributed by atoms with van der Waals surface area (Å²) in [5, 5.41) is 35.7. The number of halogens is 1. The summed E-state index contributed by atoms with van der Waals surface area (Å²) >= 11 is 5.98. The number of phenolic OH excluding ortho intramolecular Hbond substituents is 1. The van der Waals surface area contributed by atoms with Gasteiger partial charge in [-0.15, -0.1) is 0 Å². The second-order valence-electron chi connectivity index (χ2n) is 11.8. The van der Waals surface area contributed by atoms with Crippen molar-refractivity contribution in [3.05, 3.63) is 64.2 Å². The molecule has 7 nitrogen and oxygen atoms in total. The highest BCUT2D eigenvalue weighted by molar-refractivity contribution is 6.30. The van der Waals surface area contributed by atoms with Crippen molar-refractivity contribution >= 4 is 23.6 Å². The molecular formula is C30H33ClN2O5. The van der Waals surface area contributed by atoms with E-state index in [-0.39, 0.29) is 17.7 Å². The summed E-state index contributed by atoms with van der Waals surface area (Å²) in [5.41, 5.74) is 0.307. The lowest BCUT2D eigenvalue weighted by molar-refractivity contribution is -0.223. The van der Waals surface area contributed by atoms with E-state index < -0.39 is 29.3 Å². The predicted molar refractivity (Wildman–Crippen MR) is 143 cm³/mol. The summed E-state index contributed by atoms with van der Waals surface area (Å²) in [7, 11) is 1.78. The van der Waals surface area contributed by atoms with Gasteiger partial charge in [-0.1, -0.05) is 29.8 Å². The van der Waals surface area contributed by atoms with Crippen LogP contribution in [-0.4, -0.2) is 75.0 Å². The molecule has 5 aliphatic rings. The van der Waals surface area contributed by atoms with Crippen LogP contribution in [0.15, 0.2) is 42.5 Å². The zero-order valence-corrected chi connectivity index (χ0v) is 22.1. The Labute approximate surface area is 227 Å². The number of aliphatic hydroxyl groups excluding tert-OH is 1. The largest absolute Gasteiger partial charge is 0.504 e. The van der Waals surface area contributed by atoms with E-state index in [4.69, 9.17) is 16.3 Å². The van der Waals surface area contributed by atoms with Gasteiger partial charge in [0.2, 0.25) is 5.91 Å². The van der Waals surface area contributed by atoms with Gasteiger partial charge in [0.05, 0.1) is 29.2 Å². The summed E-state index contributed by atoms with van der Waals surface area (Å²) in [6.45, 7) is 1.61. The van der Waals surface area contributed by atoms with Crippen LogP contribution in [0.1, 0.15) is 54.9 Å². The SMILES string of the molecule is CN(C(=O)/C=C/c1ccc(Cl)cc1)[C@@H]1CC[C@@]2(O)[C@H]3[C@@H](O)c4ccc(O)c5c4[C@@]2(CCN3CC2CC2)[C@H]1O5. The lowest BCUT2D eigenvalue weighted by Gasteiger charge is -2.65. The first-order chi connectivity index (χ1) is 18.2. The lowest BCUT2D eigenvalue weighted by Crippen LogP contribution is -2.79. The maximum absolute atomic E-state index is 13.4. The van der Waals surface area contributed by atoms with Crippen molar-refractivity contribution in [2.24, 2.45) is 5.92 Å².